The highest BCUT2D eigenvalue weighted by Gasteiger charge is 2.21. The third-order valence-electron chi connectivity index (χ3n) is 9.42. The van der Waals surface area contributed by atoms with Crippen LogP contribution in [0.1, 0.15) is 0 Å². The summed E-state index contributed by atoms with van der Waals surface area (Å²) >= 11 is 0. The number of nitrogens with zero attached hydrogens (tertiary/aromatic N) is 3. The van der Waals surface area contributed by atoms with Crippen molar-refractivity contribution in [2.75, 3.05) is 0 Å². The predicted molar refractivity (Wildman–Crippen MR) is 191 cm³/mol. The molecular formula is C43H25N3. The van der Waals surface area contributed by atoms with Crippen molar-refractivity contribution in [3.05, 3.63) is 152 Å². The van der Waals surface area contributed by atoms with Crippen molar-refractivity contribution in [2.24, 2.45) is 0 Å². The monoisotopic (exact) mass is 583 g/mol. The number of benzene rings is 6. The molecule has 0 saturated heterocycles. The highest BCUT2D eigenvalue weighted by Crippen LogP contribution is 2.48. The standard InChI is InChI=1S/C43H25N3/c1-2-6-30-23-31(14-11-26(30)5-1)38-20-18-33(25-44-38)40-22-17-29-13-12-28-16-21-39(45-42(28)43(29)46-40)32-15-19-34-35-9-3-7-27-8-4-10-36(41(27)35)37(34)24-32/h1-25H. The largest absolute Gasteiger partial charge is 0.256 e. The molecule has 0 atom stereocenters. The van der Waals surface area contributed by atoms with Crippen LogP contribution in [0.5, 0.6) is 0 Å². The van der Waals surface area contributed by atoms with Crippen molar-refractivity contribution in [3.8, 4) is 56.0 Å². The molecule has 1 aliphatic rings. The van der Waals surface area contributed by atoms with Gasteiger partial charge in [-0.05, 0) is 80.2 Å². The van der Waals surface area contributed by atoms with Crippen molar-refractivity contribution in [3.63, 3.8) is 0 Å². The van der Waals surface area contributed by atoms with Gasteiger partial charge in [-0.1, -0.05) is 109 Å². The lowest BCUT2D eigenvalue weighted by molar-refractivity contribution is 1.30. The smallest absolute Gasteiger partial charge is 0.0972 e. The average Bonchev–Trinajstić information content (AvgIpc) is 3.45. The van der Waals surface area contributed by atoms with Gasteiger partial charge in [0, 0.05) is 33.7 Å². The number of hydrogen-bond donors (Lipinski definition) is 0. The lowest BCUT2D eigenvalue weighted by atomic mass is 9.99. The van der Waals surface area contributed by atoms with Crippen molar-refractivity contribution in [1.82, 2.24) is 15.0 Å². The van der Waals surface area contributed by atoms with Gasteiger partial charge in [0.25, 0.3) is 0 Å². The number of fused-ring (bicyclic) bond motifs is 7. The summed E-state index contributed by atoms with van der Waals surface area (Å²) in [5.74, 6) is 0. The van der Waals surface area contributed by atoms with Gasteiger partial charge in [-0.25, -0.2) is 9.97 Å². The van der Waals surface area contributed by atoms with Crippen LogP contribution in [0.15, 0.2) is 152 Å². The molecule has 3 nitrogen and oxygen atoms in total. The van der Waals surface area contributed by atoms with Crippen molar-refractivity contribution in [1.29, 1.82) is 0 Å². The van der Waals surface area contributed by atoms with Crippen LogP contribution >= 0.6 is 0 Å². The quantitative estimate of drug-likeness (QED) is 0.194. The first-order chi connectivity index (χ1) is 22.8. The number of aromatic nitrogens is 3. The van der Waals surface area contributed by atoms with E-state index >= 15 is 0 Å². The fraction of sp³-hybridized carbons (Fsp3) is 0. The Bertz CT molecular complexity index is 2680. The van der Waals surface area contributed by atoms with Gasteiger partial charge < -0.3 is 0 Å². The second-order valence-corrected chi connectivity index (χ2v) is 12.1. The van der Waals surface area contributed by atoms with E-state index in [1.54, 1.807) is 0 Å². The Balaban J connectivity index is 1.05. The molecule has 9 aromatic rings. The Morgan fingerprint density at radius 3 is 1.63 bits per heavy atom. The molecular weight excluding hydrogens is 558 g/mol. The molecule has 6 aromatic carbocycles. The molecule has 0 radical (unpaired) electrons. The molecule has 0 aliphatic heterocycles. The summed E-state index contributed by atoms with van der Waals surface area (Å²) in [6.07, 6.45) is 1.92. The summed E-state index contributed by atoms with van der Waals surface area (Å²) in [5, 5.41) is 7.20. The molecule has 0 unspecified atom stereocenters. The predicted octanol–water partition coefficient (Wildman–Crippen LogP) is 11.1. The van der Waals surface area contributed by atoms with E-state index in [1.807, 2.05) is 6.20 Å². The van der Waals surface area contributed by atoms with Gasteiger partial charge in [-0.2, -0.15) is 0 Å². The van der Waals surface area contributed by atoms with Gasteiger partial charge in [0.2, 0.25) is 0 Å². The Hall–Kier alpha value is -6.19. The van der Waals surface area contributed by atoms with E-state index in [-0.39, 0.29) is 0 Å². The van der Waals surface area contributed by atoms with E-state index in [4.69, 9.17) is 15.0 Å². The van der Waals surface area contributed by atoms with Crippen LogP contribution in [-0.2, 0) is 0 Å². The molecule has 46 heavy (non-hydrogen) atoms. The lowest BCUT2D eigenvalue weighted by Crippen LogP contribution is -1.92. The lowest BCUT2D eigenvalue weighted by Gasteiger charge is -2.10. The maximum absolute atomic E-state index is 5.23. The molecule has 0 spiro atoms. The maximum Gasteiger partial charge on any atom is 0.0972 e. The van der Waals surface area contributed by atoms with Crippen LogP contribution < -0.4 is 0 Å². The van der Waals surface area contributed by atoms with Crippen LogP contribution in [0.25, 0.3) is 99.4 Å². The number of rotatable bonds is 3. The van der Waals surface area contributed by atoms with Gasteiger partial charge in [-0.15, -0.1) is 0 Å². The second kappa shape index (κ2) is 9.65. The Kier molecular flexibility index (Phi) is 5.28. The zero-order chi connectivity index (χ0) is 30.2. The van der Waals surface area contributed by atoms with E-state index in [0.717, 1.165) is 55.6 Å². The summed E-state index contributed by atoms with van der Waals surface area (Å²) in [5.41, 5.74) is 12.9. The zero-order valence-corrected chi connectivity index (χ0v) is 24.8. The zero-order valence-electron chi connectivity index (χ0n) is 24.8. The molecule has 3 heteroatoms. The van der Waals surface area contributed by atoms with Crippen molar-refractivity contribution >= 4 is 43.4 Å². The van der Waals surface area contributed by atoms with Crippen LogP contribution in [0.2, 0.25) is 0 Å². The fourth-order valence-corrected chi connectivity index (χ4v) is 7.11. The Morgan fingerprint density at radius 2 is 0.891 bits per heavy atom. The first kappa shape index (κ1) is 25.2. The van der Waals surface area contributed by atoms with Crippen LogP contribution in [0.4, 0.5) is 0 Å². The van der Waals surface area contributed by atoms with Gasteiger partial charge >= 0.3 is 0 Å². The average molecular weight is 584 g/mol. The minimum Gasteiger partial charge on any atom is -0.256 e. The van der Waals surface area contributed by atoms with Gasteiger partial charge in [0.15, 0.2) is 0 Å². The topological polar surface area (TPSA) is 38.7 Å². The summed E-state index contributed by atoms with van der Waals surface area (Å²) < 4.78 is 0. The first-order valence-corrected chi connectivity index (χ1v) is 15.6. The first-order valence-electron chi connectivity index (χ1n) is 15.6. The van der Waals surface area contributed by atoms with Crippen LogP contribution in [-0.4, -0.2) is 15.0 Å². The van der Waals surface area contributed by atoms with Gasteiger partial charge in [-0.3, -0.25) is 4.98 Å². The van der Waals surface area contributed by atoms with Gasteiger partial charge in [0.05, 0.1) is 28.1 Å². The molecule has 3 aromatic heterocycles. The summed E-state index contributed by atoms with van der Waals surface area (Å²) in [6.45, 7) is 0. The minimum absolute atomic E-state index is 0.883. The normalized spacial score (nSPS) is 11.9. The Morgan fingerprint density at radius 1 is 0.326 bits per heavy atom. The van der Waals surface area contributed by atoms with E-state index < -0.39 is 0 Å². The molecule has 0 bridgehead atoms. The minimum atomic E-state index is 0.883. The van der Waals surface area contributed by atoms with E-state index in [9.17, 15) is 0 Å². The van der Waals surface area contributed by atoms with E-state index in [1.165, 1.54) is 43.8 Å². The highest BCUT2D eigenvalue weighted by molar-refractivity contribution is 6.15. The van der Waals surface area contributed by atoms with Crippen LogP contribution in [0, 0.1) is 0 Å². The summed E-state index contributed by atoms with van der Waals surface area (Å²) in [4.78, 5) is 15.2. The number of pyridine rings is 3. The molecule has 10 rings (SSSR count). The highest BCUT2D eigenvalue weighted by atomic mass is 14.8. The molecule has 212 valence electrons. The maximum atomic E-state index is 5.23. The molecule has 0 amide bonds. The second-order valence-electron chi connectivity index (χ2n) is 12.1. The molecule has 3 heterocycles. The SMILES string of the molecule is c1ccc2cc(-c3ccc(-c4ccc5ccc6ccc(-c7ccc8c(c7)-c7cccc9cccc-8c79)nc6c5n4)cn3)ccc2c1. The van der Waals surface area contributed by atoms with Gasteiger partial charge in [0.1, 0.15) is 0 Å². The number of hydrogen-bond acceptors (Lipinski definition) is 3. The Labute approximate surface area is 265 Å². The van der Waals surface area contributed by atoms with E-state index in [2.05, 4.69) is 146 Å². The molecule has 0 fully saturated rings. The fourth-order valence-electron chi connectivity index (χ4n) is 7.11. The molecule has 1 aliphatic carbocycles. The summed E-state index contributed by atoms with van der Waals surface area (Å²) in [7, 11) is 0. The van der Waals surface area contributed by atoms with Crippen molar-refractivity contribution < 1.29 is 0 Å². The molecule has 0 saturated carbocycles. The molecule has 0 N–H and O–H groups in total. The third-order valence-corrected chi connectivity index (χ3v) is 9.42. The van der Waals surface area contributed by atoms with Crippen molar-refractivity contribution in [2.45, 2.75) is 0 Å². The van der Waals surface area contributed by atoms with Crippen LogP contribution in [0.3, 0.4) is 0 Å². The summed E-state index contributed by atoms with van der Waals surface area (Å²) in [6, 6.07) is 51.7. The third kappa shape index (κ3) is 3.82. The van der Waals surface area contributed by atoms with E-state index in [0.29, 0.717) is 0 Å².